The quantitative estimate of drug-likeness (QED) is 0.656. The van der Waals surface area contributed by atoms with Gasteiger partial charge in [-0.05, 0) is 43.2 Å². The molecule has 0 aliphatic rings. The van der Waals surface area contributed by atoms with Crippen LogP contribution in [0.1, 0.15) is 17.0 Å². The number of nitrogens with zero attached hydrogens (tertiary/aromatic N) is 3. The topological polar surface area (TPSA) is 30.7 Å². The van der Waals surface area contributed by atoms with Gasteiger partial charge in [0.25, 0.3) is 0 Å². The zero-order chi connectivity index (χ0) is 14.3. The van der Waals surface area contributed by atoms with E-state index in [1.165, 1.54) is 0 Å². The SMILES string of the molecule is Cc1c(Cl)cccc1-n1c(CCl)nc2c(C)ccnc21. The Morgan fingerprint density at radius 2 is 2.00 bits per heavy atom. The van der Waals surface area contributed by atoms with E-state index in [-0.39, 0.29) is 0 Å². The van der Waals surface area contributed by atoms with Crippen molar-refractivity contribution in [1.29, 1.82) is 0 Å². The number of imidazole rings is 1. The Morgan fingerprint density at radius 3 is 2.75 bits per heavy atom. The standard InChI is InChI=1S/C15H13Cl2N3/c1-9-6-7-18-15-14(9)19-13(8-16)20(15)12-5-3-4-11(17)10(12)2/h3-7H,8H2,1-2H3. The number of rotatable bonds is 2. The molecule has 0 saturated heterocycles. The highest BCUT2D eigenvalue weighted by molar-refractivity contribution is 6.31. The van der Waals surface area contributed by atoms with Crippen LogP contribution in [-0.2, 0) is 5.88 Å². The second-order valence-electron chi connectivity index (χ2n) is 4.68. The molecule has 0 fully saturated rings. The summed E-state index contributed by atoms with van der Waals surface area (Å²) >= 11 is 12.3. The number of benzene rings is 1. The van der Waals surface area contributed by atoms with Gasteiger partial charge in [0.1, 0.15) is 11.3 Å². The zero-order valence-electron chi connectivity index (χ0n) is 11.2. The van der Waals surface area contributed by atoms with Gasteiger partial charge < -0.3 is 0 Å². The first kappa shape index (κ1) is 13.4. The van der Waals surface area contributed by atoms with Crippen LogP contribution in [0.15, 0.2) is 30.5 Å². The van der Waals surface area contributed by atoms with Crippen molar-refractivity contribution in [3.8, 4) is 5.69 Å². The third-order valence-electron chi connectivity index (χ3n) is 3.42. The van der Waals surface area contributed by atoms with Crippen LogP contribution in [0.3, 0.4) is 0 Å². The lowest BCUT2D eigenvalue weighted by Crippen LogP contribution is -2.02. The number of halogens is 2. The molecule has 5 heteroatoms. The van der Waals surface area contributed by atoms with Gasteiger partial charge in [-0.2, -0.15) is 0 Å². The Morgan fingerprint density at radius 1 is 1.20 bits per heavy atom. The molecule has 0 saturated carbocycles. The molecule has 3 rings (SSSR count). The van der Waals surface area contributed by atoms with Gasteiger partial charge >= 0.3 is 0 Å². The fraction of sp³-hybridized carbons (Fsp3) is 0.200. The molecule has 0 aliphatic heterocycles. The van der Waals surface area contributed by atoms with Crippen LogP contribution >= 0.6 is 23.2 Å². The first-order valence-electron chi connectivity index (χ1n) is 6.28. The molecule has 1 aromatic carbocycles. The van der Waals surface area contributed by atoms with Crippen LogP contribution in [0.4, 0.5) is 0 Å². The van der Waals surface area contributed by atoms with Gasteiger partial charge in [-0.1, -0.05) is 17.7 Å². The first-order valence-corrected chi connectivity index (χ1v) is 7.19. The van der Waals surface area contributed by atoms with E-state index >= 15 is 0 Å². The van der Waals surface area contributed by atoms with Crippen molar-refractivity contribution in [2.45, 2.75) is 19.7 Å². The maximum atomic E-state index is 6.22. The molecule has 0 radical (unpaired) electrons. The van der Waals surface area contributed by atoms with Gasteiger partial charge in [0.05, 0.1) is 11.6 Å². The molecule has 0 unspecified atom stereocenters. The Balaban J connectivity index is 2.41. The third-order valence-corrected chi connectivity index (χ3v) is 4.07. The van der Waals surface area contributed by atoms with Crippen molar-refractivity contribution in [1.82, 2.24) is 14.5 Å². The molecular formula is C15H13Cl2N3. The van der Waals surface area contributed by atoms with Crippen molar-refractivity contribution in [2.24, 2.45) is 0 Å². The lowest BCUT2D eigenvalue weighted by Gasteiger charge is -2.11. The molecule has 0 aliphatic carbocycles. The minimum absolute atomic E-state index is 0.321. The Labute approximate surface area is 127 Å². The molecule has 3 aromatic rings. The Bertz CT molecular complexity index is 793. The third kappa shape index (κ3) is 1.98. The molecular weight excluding hydrogens is 293 g/mol. The molecule has 0 N–H and O–H groups in total. The van der Waals surface area contributed by atoms with E-state index < -0.39 is 0 Å². The smallest absolute Gasteiger partial charge is 0.164 e. The minimum Gasteiger partial charge on any atom is -0.279 e. The summed E-state index contributed by atoms with van der Waals surface area (Å²) in [6, 6.07) is 7.74. The second-order valence-corrected chi connectivity index (χ2v) is 5.36. The van der Waals surface area contributed by atoms with Crippen molar-refractivity contribution in [3.63, 3.8) is 0 Å². The summed E-state index contributed by atoms with van der Waals surface area (Å²) in [5.74, 6) is 1.09. The van der Waals surface area contributed by atoms with Gasteiger partial charge in [0.15, 0.2) is 5.65 Å². The number of fused-ring (bicyclic) bond motifs is 1. The van der Waals surface area contributed by atoms with Crippen molar-refractivity contribution < 1.29 is 0 Å². The maximum Gasteiger partial charge on any atom is 0.164 e. The van der Waals surface area contributed by atoms with E-state index in [1.807, 2.05) is 42.7 Å². The molecule has 2 aromatic heterocycles. The van der Waals surface area contributed by atoms with Crippen LogP contribution in [0.5, 0.6) is 0 Å². The van der Waals surface area contributed by atoms with Crippen LogP contribution in [0.25, 0.3) is 16.9 Å². The minimum atomic E-state index is 0.321. The summed E-state index contributed by atoms with van der Waals surface area (Å²) in [4.78, 5) is 9.06. The van der Waals surface area contributed by atoms with Gasteiger partial charge in [-0.3, -0.25) is 4.57 Å². The summed E-state index contributed by atoms with van der Waals surface area (Å²) in [5, 5.41) is 0.720. The molecule has 0 atom stereocenters. The predicted molar refractivity (Wildman–Crippen MR) is 82.9 cm³/mol. The number of hydrogen-bond donors (Lipinski definition) is 0. The number of pyridine rings is 1. The van der Waals surface area contributed by atoms with Crippen LogP contribution < -0.4 is 0 Å². The number of alkyl halides is 1. The van der Waals surface area contributed by atoms with E-state index in [1.54, 1.807) is 6.20 Å². The molecule has 0 bridgehead atoms. The maximum absolute atomic E-state index is 6.22. The van der Waals surface area contributed by atoms with Crippen molar-refractivity contribution >= 4 is 34.4 Å². The van der Waals surface area contributed by atoms with Gasteiger partial charge in [-0.25, -0.2) is 9.97 Å². The molecule has 3 nitrogen and oxygen atoms in total. The highest BCUT2D eigenvalue weighted by Crippen LogP contribution is 2.28. The Hall–Kier alpha value is -1.58. The van der Waals surface area contributed by atoms with Crippen LogP contribution in [0, 0.1) is 13.8 Å². The highest BCUT2D eigenvalue weighted by atomic mass is 35.5. The second kappa shape index (κ2) is 5.08. The van der Waals surface area contributed by atoms with Gasteiger partial charge in [0.2, 0.25) is 0 Å². The summed E-state index contributed by atoms with van der Waals surface area (Å²) < 4.78 is 1.98. The van der Waals surface area contributed by atoms with E-state index in [4.69, 9.17) is 23.2 Å². The first-order chi connectivity index (χ1) is 9.63. The molecule has 0 amide bonds. The molecule has 20 heavy (non-hydrogen) atoms. The van der Waals surface area contributed by atoms with Gasteiger partial charge in [-0.15, -0.1) is 11.6 Å². The highest BCUT2D eigenvalue weighted by Gasteiger charge is 2.16. The zero-order valence-corrected chi connectivity index (χ0v) is 12.7. The number of aryl methyl sites for hydroxylation is 1. The Kier molecular flexibility index (Phi) is 3.40. The summed E-state index contributed by atoms with van der Waals surface area (Å²) in [6.45, 7) is 4.00. The predicted octanol–water partition coefficient (Wildman–Crippen LogP) is 4.43. The fourth-order valence-corrected chi connectivity index (χ4v) is 2.67. The summed E-state index contributed by atoms with van der Waals surface area (Å²) in [7, 11) is 0. The number of hydrogen-bond acceptors (Lipinski definition) is 2. The van der Waals surface area contributed by atoms with Crippen LogP contribution in [-0.4, -0.2) is 14.5 Å². The average Bonchev–Trinajstić information content (AvgIpc) is 2.82. The summed E-state index contributed by atoms with van der Waals surface area (Å²) in [5.41, 5.74) is 4.73. The molecule has 0 spiro atoms. The number of aromatic nitrogens is 3. The molecule has 2 heterocycles. The normalized spacial score (nSPS) is 11.2. The lowest BCUT2D eigenvalue weighted by molar-refractivity contribution is 0.961. The van der Waals surface area contributed by atoms with Crippen molar-refractivity contribution in [3.05, 3.63) is 52.4 Å². The lowest BCUT2D eigenvalue weighted by atomic mass is 10.2. The molecule has 102 valence electrons. The largest absolute Gasteiger partial charge is 0.279 e. The van der Waals surface area contributed by atoms with Crippen LogP contribution in [0.2, 0.25) is 5.02 Å². The summed E-state index contributed by atoms with van der Waals surface area (Å²) in [6.07, 6.45) is 1.79. The van der Waals surface area contributed by atoms with E-state index in [9.17, 15) is 0 Å². The fourth-order valence-electron chi connectivity index (χ4n) is 2.32. The van der Waals surface area contributed by atoms with Crippen molar-refractivity contribution in [2.75, 3.05) is 0 Å². The van der Waals surface area contributed by atoms with E-state index in [2.05, 4.69) is 9.97 Å². The van der Waals surface area contributed by atoms with Gasteiger partial charge in [0, 0.05) is 11.2 Å². The monoisotopic (exact) mass is 305 g/mol. The van der Waals surface area contributed by atoms with E-state index in [0.717, 1.165) is 38.8 Å². The van der Waals surface area contributed by atoms with E-state index in [0.29, 0.717) is 5.88 Å². The average molecular weight is 306 g/mol.